The molecule has 29 heavy (non-hydrogen) atoms. The van der Waals surface area contributed by atoms with E-state index in [9.17, 15) is 4.79 Å². The molecule has 4 rings (SSSR count). The number of carbonyl (C=O) groups excluding carboxylic acids is 1. The molecule has 2 aromatic carbocycles. The van der Waals surface area contributed by atoms with Crippen LogP contribution in [0.5, 0.6) is 23.0 Å². The Bertz CT molecular complexity index is 1080. The Morgan fingerprint density at radius 2 is 1.86 bits per heavy atom. The molecule has 0 spiro atoms. The van der Waals surface area contributed by atoms with E-state index < -0.39 is 5.97 Å². The predicted octanol–water partition coefficient (Wildman–Crippen LogP) is 4.29. The molecule has 3 aromatic rings. The molecular formula is C23H19NO5. The lowest BCUT2D eigenvalue weighted by atomic mass is 9.95. The number of benzene rings is 2. The zero-order chi connectivity index (χ0) is 20.2. The highest BCUT2D eigenvalue weighted by atomic mass is 16.5. The molecule has 0 bridgehead atoms. The van der Waals surface area contributed by atoms with Crippen molar-refractivity contribution in [3.63, 3.8) is 0 Å². The van der Waals surface area contributed by atoms with Gasteiger partial charge in [-0.3, -0.25) is 4.98 Å². The van der Waals surface area contributed by atoms with Crippen LogP contribution in [-0.2, 0) is 6.42 Å². The van der Waals surface area contributed by atoms with E-state index in [-0.39, 0.29) is 0 Å². The number of hydrogen-bond donors (Lipinski definition) is 0. The zero-order valence-corrected chi connectivity index (χ0v) is 16.0. The van der Waals surface area contributed by atoms with E-state index in [4.69, 9.17) is 18.9 Å². The average molecular weight is 389 g/mol. The maximum Gasteiger partial charge on any atom is 0.345 e. The number of methoxy groups -OCH3 is 2. The number of aromatic nitrogens is 1. The summed E-state index contributed by atoms with van der Waals surface area (Å²) in [5.74, 6) is 1.94. The van der Waals surface area contributed by atoms with Gasteiger partial charge in [0.25, 0.3) is 0 Å². The number of pyridine rings is 1. The van der Waals surface area contributed by atoms with Crippen molar-refractivity contribution in [1.29, 1.82) is 0 Å². The van der Waals surface area contributed by atoms with Gasteiger partial charge < -0.3 is 18.9 Å². The van der Waals surface area contributed by atoms with Gasteiger partial charge in [-0.25, -0.2) is 4.79 Å². The number of para-hydroxylation sites is 1. The molecular weight excluding hydrogens is 370 g/mol. The molecule has 1 aromatic heterocycles. The van der Waals surface area contributed by atoms with Crippen molar-refractivity contribution in [2.24, 2.45) is 0 Å². The van der Waals surface area contributed by atoms with Crippen molar-refractivity contribution < 1.29 is 23.7 Å². The summed E-state index contributed by atoms with van der Waals surface area (Å²) >= 11 is 0. The molecule has 6 nitrogen and oxygen atoms in total. The van der Waals surface area contributed by atoms with E-state index in [1.165, 1.54) is 6.20 Å². The molecule has 0 atom stereocenters. The number of ether oxygens (including phenoxy) is 4. The summed E-state index contributed by atoms with van der Waals surface area (Å²) in [5.41, 5.74) is 2.88. The second kappa shape index (κ2) is 8.06. The maximum atomic E-state index is 12.5. The van der Waals surface area contributed by atoms with Crippen molar-refractivity contribution >= 4 is 11.5 Å². The second-order valence-corrected chi connectivity index (χ2v) is 6.34. The highest BCUT2D eigenvalue weighted by Gasteiger charge is 2.23. The lowest BCUT2D eigenvalue weighted by Gasteiger charge is -2.22. The number of nitrogens with zero attached hydrogens (tertiary/aromatic N) is 1. The van der Waals surface area contributed by atoms with Crippen molar-refractivity contribution in [2.75, 3.05) is 14.2 Å². The first-order valence-corrected chi connectivity index (χ1v) is 9.02. The molecule has 146 valence electrons. The number of allylic oxidation sites excluding steroid dienone is 1. The van der Waals surface area contributed by atoms with Gasteiger partial charge in [0.05, 0.1) is 26.0 Å². The summed E-state index contributed by atoms with van der Waals surface area (Å²) in [5, 5.41) is 0. The minimum atomic E-state index is -0.470. The molecule has 0 aliphatic carbocycles. The van der Waals surface area contributed by atoms with E-state index in [2.05, 4.69) is 4.98 Å². The fourth-order valence-electron chi connectivity index (χ4n) is 3.24. The molecule has 0 fully saturated rings. The number of hydrogen-bond acceptors (Lipinski definition) is 6. The number of fused-ring (bicyclic) bond motifs is 1. The van der Waals surface area contributed by atoms with Gasteiger partial charge in [0.1, 0.15) is 11.5 Å². The Kier molecular flexibility index (Phi) is 5.16. The Balaban J connectivity index is 1.66. The van der Waals surface area contributed by atoms with Crippen LogP contribution < -0.4 is 18.9 Å². The van der Waals surface area contributed by atoms with Gasteiger partial charge in [-0.1, -0.05) is 18.2 Å². The minimum absolute atomic E-state index is 0.382. The van der Waals surface area contributed by atoms with E-state index in [1.54, 1.807) is 50.9 Å². The smallest absolute Gasteiger partial charge is 0.345 e. The molecule has 1 aliphatic heterocycles. The first-order valence-electron chi connectivity index (χ1n) is 9.02. The van der Waals surface area contributed by atoms with Crippen molar-refractivity contribution in [3.8, 4) is 23.0 Å². The summed E-state index contributed by atoms with van der Waals surface area (Å²) in [4.78, 5) is 16.4. The molecule has 2 heterocycles. The Hall–Kier alpha value is -3.80. The Morgan fingerprint density at radius 3 is 2.62 bits per heavy atom. The molecule has 0 saturated carbocycles. The van der Waals surface area contributed by atoms with Crippen molar-refractivity contribution in [1.82, 2.24) is 4.98 Å². The van der Waals surface area contributed by atoms with Gasteiger partial charge in [-0.05, 0) is 30.3 Å². The SMILES string of the molecule is COc1ccc2c(c1OC)CC(c1ccccc1OC(=O)c1cccnc1)=CO2. The first kappa shape index (κ1) is 18.6. The lowest BCUT2D eigenvalue weighted by Crippen LogP contribution is -2.11. The van der Waals surface area contributed by atoms with Crippen LogP contribution in [0.4, 0.5) is 0 Å². The molecule has 6 heteroatoms. The second-order valence-electron chi connectivity index (χ2n) is 6.34. The largest absolute Gasteiger partial charge is 0.493 e. The molecule has 0 saturated heterocycles. The highest BCUT2D eigenvalue weighted by molar-refractivity contribution is 5.91. The Labute approximate surface area is 168 Å². The van der Waals surface area contributed by atoms with Crippen molar-refractivity contribution in [3.05, 3.63) is 83.9 Å². The van der Waals surface area contributed by atoms with Gasteiger partial charge in [0.15, 0.2) is 11.5 Å². The van der Waals surface area contributed by atoms with Crippen LogP contribution in [0.3, 0.4) is 0 Å². The summed E-state index contributed by atoms with van der Waals surface area (Å²) in [6.07, 6.45) is 5.29. The third-order valence-electron chi connectivity index (χ3n) is 4.63. The van der Waals surface area contributed by atoms with E-state index in [1.807, 2.05) is 24.3 Å². The van der Waals surface area contributed by atoms with Crippen LogP contribution in [0.25, 0.3) is 5.57 Å². The average Bonchev–Trinajstić information content (AvgIpc) is 2.78. The summed E-state index contributed by atoms with van der Waals surface area (Å²) in [7, 11) is 3.19. The summed E-state index contributed by atoms with van der Waals surface area (Å²) in [6, 6.07) is 14.3. The number of rotatable bonds is 5. The number of carbonyl (C=O) groups is 1. The molecule has 0 unspecified atom stereocenters. The molecule has 1 aliphatic rings. The van der Waals surface area contributed by atoms with Crippen LogP contribution in [0.15, 0.2) is 67.2 Å². The van der Waals surface area contributed by atoms with E-state index in [0.29, 0.717) is 35.0 Å². The highest BCUT2D eigenvalue weighted by Crippen LogP contribution is 2.43. The minimum Gasteiger partial charge on any atom is -0.493 e. The molecule has 0 N–H and O–H groups in total. The third kappa shape index (κ3) is 3.65. The first-order chi connectivity index (χ1) is 14.2. The van der Waals surface area contributed by atoms with E-state index in [0.717, 1.165) is 16.7 Å². The van der Waals surface area contributed by atoms with E-state index >= 15 is 0 Å². The normalized spacial score (nSPS) is 12.3. The molecule has 0 amide bonds. The van der Waals surface area contributed by atoms with Gasteiger partial charge in [0, 0.05) is 35.5 Å². The summed E-state index contributed by atoms with van der Waals surface area (Å²) in [6.45, 7) is 0. The number of esters is 1. The van der Waals surface area contributed by atoms with Gasteiger partial charge >= 0.3 is 5.97 Å². The maximum absolute atomic E-state index is 12.5. The monoisotopic (exact) mass is 389 g/mol. The van der Waals surface area contributed by atoms with Gasteiger partial charge in [0.2, 0.25) is 0 Å². The van der Waals surface area contributed by atoms with Crippen molar-refractivity contribution in [2.45, 2.75) is 6.42 Å². The fraction of sp³-hybridized carbons (Fsp3) is 0.130. The molecule has 0 radical (unpaired) electrons. The quantitative estimate of drug-likeness (QED) is 0.479. The van der Waals surface area contributed by atoms with Crippen LogP contribution in [-0.4, -0.2) is 25.2 Å². The predicted molar refractivity (Wildman–Crippen MR) is 107 cm³/mol. The summed E-state index contributed by atoms with van der Waals surface area (Å²) < 4.78 is 22.4. The standard InChI is InChI=1S/C23H19NO5/c1-26-21-10-9-19-18(22(21)27-2)12-16(14-28-19)17-7-3-4-8-20(17)29-23(25)15-6-5-11-24-13-15/h3-11,13-14H,12H2,1-2H3. The van der Waals surface area contributed by atoms with Gasteiger partial charge in [-0.2, -0.15) is 0 Å². The fourth-order valence-corrected chi connectivity index (χ4v) is 3.24. The van der Waals surface area contributed by atoms with Gasteiger partial charge in [-0.15, -0.1) is 0 Å². The van der Waals surface area contributed by atoms with Crippen LogP contribution >= 0.6 is 0 Å². The van der Waals surface area contributed by atoms with Crippen LogP contribution in [0.1, 0.15) is 21.5 Å². The zero-order valence-electron chi connectivity index (χ0n) is 16.0. The van der Waals surface area contributed by atoms with Crippen LogP contribution in [0, 0.1) is 0 Å². The topological polar surface area (TPSA) is 66.9 Å². The lowest BCUT2D eigenvalue weighted by molar-refractivity contribution is 0.0733. The van der Waals surface area contributed by atoms with Crippen LogP contribution in [0.2, 0.25) is 0 Å². The third-order valence-corrected chi connectivity index (χ3v) is 4.63. The Morgan fingerprint density at radius 1 is 1.00 bits per heavy atom.